The van der Waals surface area contributed by atoms with E-state index in [-0.39, 0.29) is 18.3 Å². The number of methoxy groups -OCH3 is 1. The van der Waals surface area contributed by atoms with Crippen molar-refractivity contribution in [1.29, 1.82) is 0 Å². The summed E-state index contributed by atoms with van der Waals surface area (Å²) < 4.78 is 6.24. The highest BCUT2D eigenvalue weighted by Gasteiger charge is 2.28. The minimum Gasteiger partial charge on any atom is -0.494 e. The van der Waals surface area contributed by atoms with E-state index in [1.807, 2.05) is 11.8 Å². The highest BCUT2D eigenvalue weighted by atomic mass is 79.9. The summed E-state index contributed by atoms with van der Waals surface area (Å²) in [5.41, 5.74) is 5.68. The molecule has 1 aliphatic rings. The minimum atomic E-state index is 0. The molecule has 1 saturated heterocycles. The number of carbonyl (C=O) groups is 1. The molecule has 0 aliphatic carbocycles. The van der Waals surface area contributed by atoms with Crippen LogP contribution in [-0.4, -0.2) is 37.6 Å². The summed E-state index contributed by atoms with van der Waals surface area (Å²) in [7, 11) is 1.60. The molecule has 1 aromatic heterocycles. The zero-order chi connectivity index (χ0) is 14.0. The van der Waals surface area contributed by atoms with Crippen LogP contribution in [0.3, 0.4) is 0 Å². The smallest absolute Gasteiger partial charge is 0.267 e. The third kappa shape index (κ3) is 3.47. The van der Waals surface area contributed by atoms with Crippen molar-refractivity contribution in [3.8, 4) is 5.75 Å². The second-order valence-electron chi connectivity index (χ2n) is 4.81. The average Bonchev–Trinajstić information content (AvgIpc) is 2.73. The summed E-state index contributed by atoms with van der Waals surface area (Å²) >= 11 is 4.96. The predicted octanol–water partition coefficient (Wildman–Crippen LogP) is 3.06. The fraction of sp³-hybridized carbons (Fsp3) is 0.615. The highest BCUT2D eigenvalue weighted by molar-refractivity contribution is 9.10. The van der Waals surface area contributed by atoms with Gasteiger partial charge in [0.2, 0.25) is 0 Å². The number of hydrogen-bond donors (Lipinski definition) is 1. The van der Waals surface area contributed by atoms with Crippen LogP contribution >= 0.6 is 39.7 Å². The lowest BCUT2D eigenvalue weighted by molar-refractivity contribution is 0.0695. The number of rotatable bonds is 3. The van der Waals surface area contributed by atoms with Crippen molar-refractivity contribution in [3.05, 3.63) is 14.2 Å². The maximum absolute atomic E-state index is 12.5. The van der Waals surface area contributed by atoms with E-state index < -0.39 is 0 Å². The first-order valence-electron chi connectivity index (χ1n) is 6.40. The summed E-state index contributed by atoms with van der Waals surface area (Å²) in [4.78, 5) is 16.2. The van der Waals surface area contributed by atoms with Crippen LogP contribution in [0.5, 0.6) is 5.75 Å². The summed E-state index contributed by atoms with van der Waals surface area (Å²) in [5.74, 6) is 1.29. The van der Waals surface area contributed by atoms with Gasteiger partial charge in [-0.05, 0) is 48.2 Å². The van der Waals surface area contributed by atoms with Crippen LogP contribution in [0.1, 0.15) is 27.4 Å². The number of halogens is 2. The SMILES string of the molecule is COc1c(C(=O)N2CCC(CN)CC2)sc(C)c1Br.Cl. The van der Waals surface area contributed by atoms with Gasteiger partial charge in [0.15, 0.2) is 5.75 Å². The first-order valence-corrected chi connectivity index (χ1v) is 8.01. The Labute approximate surface area is 138 Å². The van der Waals surface area contributed by atoms with Crippen molar-refractivity contribution >= 4 is 45.6 Å². The monoisotopic (exact) mass is 382 g/mol. The van der Waals surface area contributed by atoms with E-state index in [9.17, 15) is 4.79 Å². The second kappa shape index (κ2) is 7.64. The van der Waals surface area contributed by atoms with Crippen LogP contribution < -0.4 is 10.5 Å². The van der Waals surface area contributed by atoms with Crippen LogP contribution in [0.2, 0.25) is 0 Å². The Morgan fingerprint density at radius 2 is 2.10 bits per heavy atom. The van der Waals surface area contributed by atoms with Crippen molar-refractivity contribution in [2.45, 2.75) is 19.8 Å². The zero-order valence-electron chi connectivity index (χ0n) is 11.6. The maximum Gasteiger partial charge on any atom is 0.267 e. The van der Waals surface area contributed by atoms with E-state index in [1.165, 1.54) is 11.3 Å². The van der Waals surface area contributed by atoms with E-state index in [4.69, 9.17) is 10.5 Å². The number of ether oxygens (including phenoxy) is 1. The van der Waals surface area contributed by atoms with Crippen LogP contribution in [0.15, 0.2) is 4.47 Å². The molecule has 0 bridgehead atoms. The molecule has 4 nitrogen and oxygen atoms in total. The van der Waals surface area contributed by atoms with E-state index in [1.54, 1.807) is 7.11 Å². The highest BCUT2D eigenvalue weighted by Crippen LogP contribution is 2.40. The molecule has 7 heteroatoms. The van der Waals surface area contributed by atoms with Gasteiger partial charge in [-0.25, -0.2) is 0 Å². The fourth-order valence-corrected chi connectivity index (χ4v) is 4.06. The van der Waals surface area contributed by atoms with Crippen LogP contribution in [0.4, 0.5) is 0 Å². The van der Waals surface area contributed by atoms with Crippen LogP contribution in [0, 0.1) is 12.8 Å². The van der Waals surface area contributed by atoms with Crippen LogP contribution in [-0.2, 0) is 0 Å². The largest absolute Gasteiger partial charge is 0.494 e. The number of thiophene rings is 1. The molecule has 2 N–H and O–H groups in total. The van der Waals surface area contributed by atoms with E-state index >= 15 is 0 Å². The first kappa shape index (κ1) is 17.8. The number of hydrogen-bond acceptors (Lipinski definition) is 4. The quantitative estimate of drug-likeness (QED) is 0.872. The standard InChI is InChI=1S/C13H19BrN2O2S.ClH/c1-8-10(14)11(18-2)12(19-8)13(17)16-5-3-9(7-15)4-6-16;/h9H,3-7,15H2,1-2H3;1H. The Kier molecular flexibility index (Phi) is 6.78. The fourth-order valence-electron chi connectivity index (χ4n) is 2.34. The summed E-state index contributed by atoms with van der Waals surface area (Å²) in [6, 6.07) is 0. The van der Waals surface area contributed by atoms with Crippen LogP contribution in [0.25, 0.3) is 0 Å². The Hall–Kier alpha value is -0.300. The molecule has 0 saturated carbocycles. The van der Waals surface area contributed by atoms with Gasteiger partial charge in [0.25, 0.3) is 5.91 Å². The van der Waals surface area contributed by atoms with Gasteiger partial charge in [0, 0.05) is 18.0 Å². The topological polar surface area (TPSA) is 55.6 Å². The average molecular weight is 384 g/mol. The molecular formula is C13H20BrClN2O2S. The zero-order valence-corrected chi connectivity index (χ0v) is 14.9. The van der Waals surface area contributed by atoms with Crippen molar-refractivity contribution in [2.24, 2.45) is 11.7 Å². The normalized spacial score (nSPS) is 15.9. The van der Waals surface area contributed by atoms with Crippen molar-refractivity contribution in [3.63, 3.8) is 0 Å². The third-order valence-corrected chi connectivity index (χ3v) is 5.90. The maximum atomic E-state index is 12.5. The van der Waals surface area contributed by atoms with E-state index in [0.717, 1.165) is 41.8 Å². The number of nitrogens with zero attached hydrogens (tertiary/aromatic N) is 1. The number of carbonyl (C=O) groups excluding carboxylic acids is 1. The van der Waals surface area contributed by atoms with Gasteiger partial charge in [-0.1, -0.05) is 0 Å². The summed E-state index contributed by atoms with van der Waals surface area (Å²) in [6.45, 7) is 4.28. The Morgan fingerprint density at radius 1 is 1.50 bits per heavy atom. The third-order valence-electron chi connectivity index (χ3n) is 3.60. The molecule has 0 spiro atoms. The summed E-state index contributed by atoms with van der Waals surface area (Å²) in [5, 5.41) is 0. The number of piperidine rings is 1. The van der Waals surface area contributed by atoms with Crippen molar-refractivity contribution in [2.75, 3.05) is 26.7 Å². The molecule has 0 aromatic carbocycles. The lowest BCUT2D eigenvalue weighted by Crippen LogP contribution is -2.39. The Balaban J connectivity index is 0.00000200. The molecule has 1 aromatic rings. The minimum absolute atomic E-state index is 0. The van der Waals surface area contributed by atoms with Crippen molar-refractivity contribution in [1.82, 2.24) is 4.90 Å². The molecule has 1 fully saturated rings. The van der Waals surface area contributed by atoms with E-state index in [2.05, 4.69) is 15.9 Å². The molecule has 2 heterocycles. The molecular weight excluding hydrogens is 364 g/mol. The van der Waals surface area contributed by atoms with Gasteiger partial charge in [-0.15, -0.1) is 23.7 Å². The van der Waals surface area contributed by atoms with Gasteiger partial charge in [0.1, 0.15) is 4.88 Å². The number of likely N-dealkylation sites (tertiary alicyclic amines) is 1. The van der Waals surface area contributed by atoms with Gasteiger partial charge in [-0.3, -0.25) is 4.79 Å². The van der Waals surface area contributed by atoms with E-state index in [0.29, 0.717) is 16.5 Å². The lowest BCUT2D eigenvalue weighted by atomic mass is 9.97. The first-order chi connectivity index (χ1) is 9.08. The Bertz CT molecular complexity index is 473. The second-order valence-corrected chi connectivity index (χ2v) is 6.82. The number of amides is 1. The number of aryl methyl sites for hydroxylation is 1. The Morgan fingerprint density at radius 3 is 2.60 bits per heavy atom. The molecule has 20 heavy (non-hydrogen) atoms. The lowest BCUT2D eigenvalue weighted by Gasteiger charge is -2.31. The van der Waals surface area contributed by atoms with Gasteiger partial charge in [0.05, 0.1) is 11.6 Å². The van der Waals surface area contributed by atoms with Gasteiger partial charge in [-0.2, -0.15) is 0 Å². The molecule has 114 valence electrons. The van der Waals surface area contributed by atoms with Gasteiger partial charge < -0.3 is 15.4 Å². The molecule has 0 unspecified atom stereocenters. The molecule has 1 aliphatic heterocycles. The molecule has 0 radical (unpaired) electrons. The summed E-state index contributed by atoms with van der Waals surface area (Å²) in [6.07, 6.45) is 1.99. The molecule has 1 amide bonds. The number of nitrogens with two attached hydrogens (primary N) is 1. The predicted molar refractivity (Wildman–Crippen MR) is 88.2 cm³/mol. The molecule has 0 atom stereocenters. The van der Waals surface area contributed by atoms with Crippen molar-refractivity contribution < 1.29 is 9.53 Å². The molecule has 2 rings (SSSR count). The van der Waals surface area contributed by atoms with Gasteiger partial charge >= 0.3 is 0 Å².